The van der Waals surface area contributed by atoms with Crippen LogP contribution >= 0.6 is 0 Å². The molecule has 0 saturated heterocycles. The van der Waals surface area contributed by atoms with Crippen LogP contribution in [0.25, 0.3) is 0 Å². The van der Waals surface area contributed by atoms with Crippen LogP contribution in [0.2, 0.25) is 0 Å². The molecule has 0 bridgehead atoms. The van der Waals surface area contributed by atoms with E-state index in [0.29, 0.717) is 10.8 Å². The van der Waals surface area contributed by atoms with Crippen LogP contribution in [0.3, 0.4) is 0 Å². The number of hydrogen-bond donors (Lipinski definition) is 0. The summed E-state index contributed by atoms with van der Waals surface area (Å²) in [5.74, 6) is 4.65. The van der Waals surface area contributed by atoms with E-state index in [2.05, 4.69) is 40.7 Å². The average molecular weight is 273 g/mol. The minimum absolute atomic E-state index is 0.570. The zero-order chi connectivity index (χ0) is 14.5. The van der Waals surface area contributed by atoms with Crippen molar-refractivity contribution >= 4 is 0 Å². The summed E-state index contributed by atoms with van der Waals surface area (Å²) in [5, 5.41) is 0. The molecule has 0 nitrogen and oxygen atoms in total. The zero-order valence-electron chi connectivity index (χ0n) is 14.3. The Morgan fingerprint density at radius 3 is 2.70 bits per heavy atom. The largest absolute Gasteiger partial charge is 0.104 e. The van der Waals surface area contributed by atoms with Gasteiger partial charge >= 0.3 is 0 Å². The van der Waals surface area contributed by atoms with E-state index in [4.69, 9.17) is 0 Å². The molecule has 0 aromatic rings. The van der Waals surface area contributed by atoms with Crippen LogP contribution < -0.4 is 0 Å². The predicted octanol–water partition coefficient (Wildman–Crippen LogP) is 6.18. The quantitative estimate of drug-likeness (QED) is 0.365. The minimum atomic E-state index is 0.570. The first-order valence-electron chi connectivity index (χ1n) is 8.81. The van der Waals surface area contributed by atoms with Gasteiger partial charge < -0.3 is 0 Å². The molecule has 112 valence electrons. The summed E-state index contributed by atoms with van der Waals surface area (Å²) in [5.41, 5.74) is 2.85. The summed E-state index contributed by atoms with van der Waals surface area (Å²) in [4.78, 5) is 0. The van der Waals surface area contributed by atoms with Crippen molar-refractivity contribution in [3.8, 4) is 0 Å². The van der Waals surface area contributed by atoms with Crippen LogP contribution in [0.4, 0.5) is 0 Å². The van der Waals surface area contributed by atoms with Crippen molar-refractivity contribution in [1.29, 1.82) is 0 Å². The molecule has 0 aromatic heterocycles. The fourth-order valence-corrected chi connectivity index (χ4v) is 6.21. The van der Waals surface area contributed by atoms with Crippen LogP contribution in [0, 0.1) is 34.5 Å². The second kappa shape index (κ2) is 4.82. The standard InChI is InChI=1S/C20H33/c1-14-7-6-8-15(2)17-13-20(5)12-11-19(3,4)18(20)16(17)10-9-14/h7,16-18H,6,8-13H2,1-5H3/q+1/b14-7+/t16-,17+,18-,20-/m1/s1. The van der Waals surface area contributed by atoms with Gasteiger partial charge in [-0.25, -0.2) is 0 Å². The molecule has 0 spiro atoms. The minimum Gasteiger partial charge on any atom is -0.0814 e. The van der Waals surface area contributed by atoms with E-state index in [0.717, 1.165) is 17.8 Å². The normalized spacial score (nSPS) is 46.8. The lowest BCUT2D eigenvalue weighted by Gasteiger charge is -2.36. The smallest absolute Gasteiger partial charge is 0.0814 e. The summed E-state index contributed by atoms with van der Waals surface area (Å²) in [6, 6.07) is 0. The molecule has 4 atom stereocenters. The molecule has 0 unspecified atom stereocenters. The Kier molecular flexibility index (Phi) is 3.50. The third-order valence-corrected chi connectivity index (χ3v) is 7.10. The van der Waals surface area contributed by atoms with E-state index in [1.54, 1.807) is 5.57 Å². The van der Waals surface area contributed by atoms with Crippen molar-refractivity contribution < 1.29 is 0 Å². The van der Waals surface area contributed by atoms with Crippen LogP contribution in [0.1, 0.15) is 79.6 Å². The highest BCUT2D eigenvalue weighted by Crippen LogP contribution is 2.68. The number of hydrogen-bond acceptors (Lipinski definition) is 0. The molecule has 0 amide bonds. The van der Waals surface area contributed by atoms with Gasteiger partial charge in [-0.15, -0.1) is 0 Å². The molecule has 0 aromatic carbocycles. The van der Waals surface area contributed by atoms with E-state index in [1.807, 2.05) is 5.92 Å². The van der Waals surface area contributed by atoms with Crippen molar-refractivity contribution in [2.45, 2.75) is 79.6 Å². The maximum Gasteiger partial charge on any atom is 0.104 e. The van der Waals surface area contributed by atoms with Gasteiger partial charge in [0.05, 0.1) is 19.3 Å². The second-order valence-electron chi connectivity index (χ2n) is 9.07. The fourth-order valence-electron chi connectivity index (χ4n) is 6.21. The van der Waals surface area contributed by atoms with Crippen LogP contribution in [-0.2, 0) is 0 Å². The Labute approximate surface area is 126 Å². The molecule has 3 aliphatic rings. The van der Waals surface area contributed by atoms with Gasteiger partial charge in [-0.2, -0.15) is 0 Å². The summed E-state index contributed by atoms with van der Waals surface area (Å²) >= 11 is 0. The van der Waals surface area contributed by atoms with E-state index in [9.17, 15) is 0 Å². The predicted molar refractivity (Wildman–Crippen MR) is 87.4 cm³/mol. The van der Waals surface area contributed by atoms with Crippen LogP contribution in [0.5, 0.6) is 0 Å². The first-order chi connectivity index (χ1) is 9.33. The number of allylic oxidation sites excluding steroid dienone is 2. The van der Waals surface area contributed by atoms with E-state index in [1.165, 1.54) is 44.9 Å². The van der Waals surface area contributed by atoms with Gasteiger partial charge in [0.15, 0.2) is 0 Å². The maximum atomic E-state index is 2.61. The van der Waals surface area contributed by atoms with E-state index < -0.39 is 0 Å². The van der Waals surface area contributed by atoms with Crippen molar-refractivity contribution in [3.05, 3.63) is 17.6 Å². The highest BCUT2D eigenvalue weighted by molar-refractivity contribution is 5.15. The van der Waals surface area contributed by atoms with Gasteiger partial charge in [0.2, 0.25) is 0 Å². The van der Waals surface area contributed by atoms with E-state index in [-0.39, 0.29) is 0 Å². The molecule has 2 fully saturated rings. The molecular formula is C20H33+. The highest BCUT2D eigenvalue weighted by atomic mass is 14.6. The number of fused-ring (bicyclic) bond motifs is 3. The molecule has 0 heteroatoms. The number of rotatable bonds is 0. The molecule has 0 N–H and O–H groups in total. The Morgan fingerprint density at radius 1 is 1.20 bits per heavy atom. The summed E-state index contributed by atoms with van der Waals surface area (Å²) < 4.78 is 0. The van der Waals surface area contributed by atoms with Crippen molar-refractivity contribution in [3.63, 3.8) is 0 Å². The molecule has 0 radical (unpaired) electrons. The maximum absolute atomic E-state index is 2.61. The van der Waals surface area contributed by atoms with E-state index >= 15 is 0 Å². The summed E-state index contributed by atoms with van der Waals surface area (Å²) in [6.45, 7) is 12.5. The second-order valence-corrected chi connectivity index (χ2v) is 9.07. The summed E-state index contributed by atoms with van der Waals surface area (Å²) in [6.07, 6.45) is 12.3. The Hall–Kier alpha value is -0.390. The van der Waals surface area contributed by atoms with Gasteiger partial charge in [0.25, 0.3) is 0 Å². The lowest BCUT2D eigenvalue weighted by Crippen LogP contribution is -2.31. The first kappa shape index (κ1) is 14.5. The Balaban J connectivity index is 1.92. The van der Waals surface area contributed by atoms with Crippen LogP contribution in [-0.4, -0.2) is 0 Å². The third kappa shape index (κ3) is 2.24. The Bertz CT molecular complexity index is 402. The monoisotopic (exact) mass is 273 g/mol. The highest BCUT2D eigenvalue weighted by Gasteiger charge is 2.62. The van der Waals surface area contributed by atoms with Gasteiger partial charge in [0, 0.05) is 12.3 Å². The molecule has 3 rings (SSSR count). The zero-order valence-corrected chi connectivity index (χ0v) is 14.3. The fraction of sp³-hybridized carbons (Fsp3) is 0.850. The topological polar surface area (TPSA) is 0 Å². The van der Waals surface area contributed by atoms with Gasteiger partial charge in [-0.1, -0.05) is 32.4 Å². The Morgan fingerprint density at radius 2 is 1.95 bits per heavy atom. The lowest BCUT2D eigenvalue weighted by molar-refractivity contribution is 0.120. The van der Waals surface area contributed by atoms with Gasteiger partial charge in [-0.05, 0) is 55.8 Å². The molecule has 20 heavy (non-hydrogen) atoms. The van der Waals surface area contributed by atoms with Gasteiger partial charge in [0.1, 0.15) is 5.92 Å². The average Bonchev–Trinajstić information content (AvgIpc) is 2.80. The lowest BCUT2D eigenvalue weighted by atomic mass is 9.67. The van der Waals surface area contributed by atoms with Crippen LogP contribution in [0.15, 0.2) is 11.6 Å². The molecule has 0 aliphatic heterocycles. The third-order valence-electron chi connectivity index (χ3n) is 7.10. The van der Waals surface area contributed by atoms with Gasteiger partial charge in [-0.3, -0.25) is 0 Å². The SMILES string of the molecule is C/C1=C\CC[C+](C)[C@@H]2C[C@@]3(C)CCC(C)(C)[C@H]3[C@@H]2CC1. The molecule has 2 saturated carbocycles. The van der Waals surface area contributed by atoms with Crippen molar-refractivity contribution in [2.24, 2.45) is 28.6 Å². The molecular weight excluding hydrogens is 240 g/mol. The first-order valence-corrected chi connectivity index (χ1v) is 8.81. The van der Waals surface area contributed by atoms with Crippen molar-refractivity contribution in [2.75, 3.05) is 0 Å². The molecule has 3 aliphatic carbocycles. The molecule has 0 heterocycles. The van der Waals surface area contributed by atoms with Crippen molar-refractivity contribution in [1.82, 2.24) is 0 Å². The summed E-state index contributed by atoms with van der Waals surface area (Å²) in [7, 11) is 0.